The summed E-state index contributed by atoms with van der Waals surface area (Å²) in [4.78, 5) is 25.2. The largest absolute Gasteiger partial charge is 0.319 e. The highest BCUT2D eigenvalue weighted by atomic mass is 16.1. The van der Waals surface area contributed by atoms with E-state index >= 15 is 0 Å². The molecule has 0 atom stereocenters. The second kappa shape index (κ2) is 6.57. The average molecular weight is 322 g/mol. The van der Waals surface area contributed by atoms with Crippen molar-refractivity contribution in [1.29, 1.82) is 0 Å². The van der Waals surface area contributed by atoms with E-state index in [1.165, 1.54) is 6.20 Å². The minimum absolute atomic E-state index is 0.236. The Bertz CT molecular complexity index is 857. The van der Waals surface area contributed by atoms with Crippen molar-refractivity contribution in [3.8, 4) is 11.4 Å². The number of hydrogen-bond acceptors (Lipinski definition) is 5. The monoisotopic (exact) mass is 322 g/mol. The van der Waals surface area contributed by atoms with Crippen molar-refractivity contribution in [2.45, 2.75) is 26.8 Å². The predicted molar refractivity (Wildman–Crippen MR) is 90.6 cm³/mol. The smallest absolute Gasteiger partial charge is 0.259 e. The minimum atomic E-state index is -0.256. The fourth-order valence-electron chi connectivity index (χ4n) is 2.21. The molecule has 122 valence electrons. The number of rotatable bonds is 4. The molecular formula is C17H18N6O. The van der Waals surface area contributed by atoms with Crippen LogP contribution in [0, 0.1) is 6.92 Å². The molecule has 3 aromatic heterocycles. The number of nitrogens with one attached hydrogen (secondary N) is 1. The molecule has 3 heterocycles. The topological polar surface area (TPSA) is 85.6 Å². The molecule has 3 rings (SSSR count). The number of amides is 1. The Morgan fingerprint density at radius 2 is 2.08 bits per heavy atom. The molecule has 0 fully saturated rings. The van der Waals surface area contributed by atoms with Gasteiger partial charge in [-0.25, -0.2) is 9.97 Å². The third-order valence-electron chi connectivity index (χ3n) is 3.53. The van der Waals surface area contributed by atoms with Crippen molar-refractivity contribution in [2.75, 3.05) is 5.32 Å². The van der Waals surface area contributed by atoms with E-state index < -0.39 is 0 Å². The highest BCUT2D eigenvalue weighted by Crippen LogP contribution is 2.16. The van der Waals surface area contributed by atoms with Gasteiger partial charge in [0.15, 0.2) is 5.82 Å². The quantitative estimate of drug-likeness (QED) is 0.798. The molecule has 0 unspecified atom stereocenters. The summed E-state index contributed by atoms with van der Waals surface area (Å²) in [6.45, 7) is 5.83. The molecule has 0 saturated heterocycles. The number of aryl methyl sites for hydroxylation is 1. The van der Waals surface area contributed by atoms with E-state index in [1.54, 1.807) is 36.4 Å². The van der Waals surface area contributed by atoms with Gasteiger partial charge in [-0.2, -0.15) is 5.10 Å². The molecule has 0 aliphatic rings. The number of carbonyl (C=O) groups is 1. The molecule has 0 bridgehead atoms. The summed E-state index contributed by atoms with van der Waals surface area (Å²) in [5.41, 5.74) is 2.49. The predicted octanol–water partition coefficient (Wildman–Crippen LogP) is 2.88. The molecule has 0 spiro atoms. The first-order valence-electron chi connectivity index (χ1n) is 7.64. The van der Waals surface area contributed by atoms with E-state index in [2.05, 4.69) is 25.4 Å². The summed E-state index contributed by atoms with van der Waals surface area (Å²) in [6.07, 6.45) is 8.33. The Balaban J connectivity index is 1.80. The molecule has 0 aliphatic heterocycles. The average Bonchev–Trinajstić information content (AvgIpc) is 3.04. The number of hydrogen-bond donors (Lipinski definition) is 1. The number of aromatic nitrogens is 5. The summed E-state index contributed by atoms with van der Waals surface area (Å²) in [5.74, 6) is 0.290. The zero-order valence-corrected chi connectivity index (χ0v) is 13.8. The summed E-state index contributed by atoms with van der Waals surface area (Å²) in [5, 5.41) is 7.02. The molecular weight excluding hydrogens is 304 g/mol. The van der Waals surface area contributed by atoms with Crippen LogP contribution in [0.5, 0.6) is 0 Å². The molecule has 1 amide bonds. The zero-order valence-electron chi connectivity index (χ0n) is 13.8. The Morgan fingerprint density at radius 3 is 2.71 bits per heavy atom. The van der Waals surface area contributed by atoms with Crippen LogP contribution in [0.15, 0.2) is 43.1 Å². The lowest BCUT2D eigenvalue weighted by Gasteiger charge is -2.07. The van der Waals surface area contributed by atoms with Crippen LogP contribution in [-0.2, 0) is 0 Å². The Labute approximate surface area is 139 Å². The minimum Gasteiger partial charge on any atom is -0.319 e. The van der Waals surface area contributed by atoms with Gasteiger partial charge in [-0.15, -0.1) is 0 Å². The van der Waals surface area contributed by atoms with Gasteiger partial charge in [0.2, 0.25) is 0 Å². The number of pyridine rings is 1. The van der Waals surface area contributed by atoms with Crippen molar-refractivity contribution in [2.24, 2.45) is 0 Å². The van der Waals surface area contributed by atoms with Gasteiger partial charge in [-0.1, -0.05) is 0 Å². The van der Waals surface area contributed by atoms with Crippen LogP contribution in [0.1, 0.15) is 35.9 Å². The molecule has 7 heteroatoms. The van der Waals surface area contributed by atoms with Gasteiger partial charge in [-0.3, -0.25) is 14.5 Å². The van der Waals surface area contributed by atoms with Crippen molar-refractivity contribution in [3.63, 3.8) is 0 Å². The first-order valence-corrected chi connectivity index (χ1v) is 7.64. The van der Waals surface area contributed by atoms with Crippen molar-refractivity contribution < 1.29 is 4.79 Å². The van der Waals surface area contributed by atoms with E-state index in [0.29, 0.717) is 22.8 Å². The third-order valence-corrected chi connectivity index (χ3v) is 3.53. The lowest BCUT2D eigenvalue weighted by atomic mass is 10.2. The number of anilines is 1. The normalized spacial score (nSPS) is 10.8. The molecule has 0 aromatic carbocycles. The van der Waals surface area contributed by atoms with Gasteiger partial charge in [0.25, 0.3) is 5.91 Å². The third kappa shape index (κ3) is 3.29. The number of nitrogens with zero attached hydrogens (tertiary/aromatic N) is 5. The van der Waals surface area contributed by atoms with Crippen LogP contribution >= 0.6 is 0 Å². The van der Waals surface area contributed by atoms with Crippen molar-refractivity contribution in [3.05, 3.63) is 54.4 Å². The van der Waals surface area contributed by atoms with Crippen molar-refractivity contribution in [1.82, 2.24) is 24.7 Å². The van der Waals surface area contributed by atoms with Gasteiger partial charge in [-0.05, 0) is 32.9 Å². The van der Waals surface area contributed by atoms with Gasteiger partial charge < -0.3 is 5.32 Å². The second-order valence-electron chi connectivity index (χ2n) is 5.69. The zero-order chi connectivity index (χ0) is 17.1. The van der Waals surface area contributed by atoms with Gasteiger partial charge in [0.1, 0.15) is 0 Å². The fourth-order valence-corrected chi connectivity index (χ4v) is 2.21. The van der Waals surface area contributed by atoms with Crippen LogP contribution in [0.2, 0.25) is 0 Å². The SMILES string of the molecule is Cc1nc(-c2cccnc2)ncc1C(=O)Nc1cnn(C(C)C)c1. The summed E-state index contributed by atoms with van der Waals surface area (Å²) < 4.78 is 1.78. The summed E-state index contributed by atoms with van der Waals surface area (Å²) in [6, 6.07) is 3.93. The van der Waals surface area contributed by atoms with E-state index in [-0.39, 0.29) is 11.9 Å². The Morgan fingerprint density at radius 1 is 1.25 bits per heavy atom. The summed E-state index contributed by atoms with van der Waals surface area (Å²) >= 11 is 0. The molecule has 1 N–H and O–H groups in total. The van der Waals surface area contributed by atoms with Crippen LogP contribution in [0.4, 0.5) is 5.69 Å². The van der Waals surface area contributed by atoms with Crippen molar-refractivity contribution >= 4 is 11.6 Å². The van der Waals surface area contributed by atoms with Crippen LogP contribution in [0.25, 0.3) is 11.4 Å². The van der Waals surface area contributed by atoms with Crippen LogP contribution in [0.3, 0.4) is 0 Å². The Kier molecular flexibility index (Phi) is 4.33. The van der Waals surface area contributed by atoms with Gasteiger partial charge in [0.05, 0.1) is 23.1 Å². The van der Waals surface area contributed by atoms with E-state index in [1.807, 2.05) is 26.0 Å². The first kappa shape index (κ1) is 15.8. The molecule has 0 saturated carbocycles. The van der Waals surface area contributed by atoms with Gasteiger partial charge in [0, 0.05) is 36.4 Å². The number of carbonyl (C=O) groups excluding carboxylic acids is 1. The molecule has 0 radical (unpaired) electrons. The first-order chi connectivity index (χ1) is 11.5. The second-order valence-corrected chi connectivity index (χ2v) is 5.69. The Hall–Kier alpha value is -3.09. The van der Waals surface area contributed by atoms with Crippen LogP contribution < -0.4 is 5.32 Å². The standard InChI is InChI=1S/C17H18N6O/c1-11(2)23-10-14(8-20-23)22-17(24)15-9-19-16(21-12(15)3)13-5-4-6-18-7-13/h4-11H,1-3H3,(H,22,24). The van der Waals surface area contributed by atoms with Crippen LogP contribution in [-0.4, -0.2) is 30.6 Å². The molecule has 0 aliphatic carbocycles. The maximum absolute atomic E-state index is 12.4. The maximum atomic E-state index is 12.4. The lowest BCUT2D eigenvalue weighted by Crippen LogP contribution is -2.14. The van der Waals surface area contributed by atoms with E-state index in [0.717, 1.165) is 5.56 Å². The van der Waals surface area contributed by atoms with E-state index in [4.69, 9.17) is 0 Å². The lowest BCUT2D eigenvalue weighted by molar-refractivity contribution is 0.102. The van der Waals surface area contributed by atoms with Gasteiger partial charge >= 0.3 is 0 Å². The highest BCUT2D eigenvalue weighted by Gasteiger charge is 2.14. The fraction of sp³-hybridized carbons (Fsp3) is 0.235. The van der Waals surface area contributed by atoms with E-state index in [9.17, 15) is 4.79 Å². The summed E-state index contributed by atoms with van der Waals surface area (Å²) in [7, 11) is 0. The molecule has 7 nitrogen and oxygen atoms in total. The molecule has 24 heavy (non-hydrogen) atoms. The maximum Gasteiger partial charge on any atom is 0.259 e. The molecule has 3 aromatic rings. The highest BCUT2D eigenvalue weighted by molar-refractivity contribution is 6.04.